The number of nitrogens with zero attached hydrogens (tertiary/aromatic N) is 2. The standard InChI is InChI=1S/C23H25BrN2O4/c1-3-29-23(27)11-15-7-4-5-10-21(15)30-14-20-17-12-18(24)22(28-2)13-19(17)25-26(20)16-8-6-9-16/h4-5,7,10,12-13,16H,3,6,8-9,11,14H2,1-2H3. The van der Waals surface area contributed by atoms with Gasteiger partial charge in [-0.3, -0.25) is 9.48 Å². The van der Waals surface area contributed by atoms with Gasteiger partial charge in [-0.15, -0.1) is 0 Å². The summed E-state index contributed by atoms with van der Waals surface area (Å²) in [6.07, 6.45) is 3.66. The van der Waals surface area contributed by atoms with E-state index in [1.165, 1.54) is 6.42 Å². The van der Waals surface area contributed by atoms with Crippen LogP contribution < -0.4 is 9.47 Å². The summed E-state index contributed by atoms with van der Waals surface area (Å²) in [5.41, 5.74) is 2.74. The lowest BCUT2D eigenvalue weighted by Gasteiger charge is -2.27. The number of esters is 1. The van der Waals surface area contributed by atoms with Gasteiger partial charge in [0.15, 0.2) is 0 Å². The molecule has 0 spiro atoms. The Kier molecular flexibility index (Phi) is 6.27. The van der Waals surface area contributed by atoms with Crippen LogP contribution in [0.5, 0.6) is 11.5 Å². The van der Waals surface area contributed by atoms with E-state index in [2.05, 4.69) is 20.6 Å². The molecule has 0 bridgehead atoms. The van der Waals surface area contributed by atoms with E-state index in [0.717, 1.165) is 45.2 Å². The maximum absolute atomic E-state index is 12.0. The lowest BCUT2D eigenvalue weighted by atomic mass is 9.93. The van der Waals surface area contributed by atoms with Gasteiger partial charge in [-0.2, -0.15) is 5.10 Å². The maximum atomic E-state index is 12.0. The first-order valence-electron chi connectivity index (χ1n) is 10.2. The number of carbonyl (C=O) groups is 1. The van der Waals surface area contributed by atoms with Crippen LogP contribution in [0.15, 0.2) is 40.9 Å². The van der Waals surface area contributed by atoms with Crippen molar-refractivity contribution >= 4 is 32.8 Å². The Morgan fingerprint density at radius 1 is 1.23 bits per heavy atom. The Balaban J connectivity index is 1.64. The predicted molar refractivity (Wildman–Crippen MR) is 118 cm³/mol. The quantitative estimate of drug-likeness (QED) is 0.420. The number of aromatic nitrogens is 2. The molecule has 2 aromatic carbocycles. The summed E-state index contributed by atoms with van der Waals surface area (Å²) >= 11 is 3.58. The van der Waals surface area contributed by atoms with Crippen molar-refractivity contribution in [3.63, 3.8) is 0 Å². The SMILES string of the molecule is CCOC(=O)Cc1ccccc1OCc1c2cc(Br)c(OC)cc2nn1C1CCC1. The van der Waals surface area contributed by atoms with Crippen LogP contribution in [0.2, 0.25) is 0 Å². The molecule has 3 aromatic rings. The van der Waals surface area contributed by atoms with Gasteiger partial charge in [-0.25, -0.2) is 0 Å². The van der Waals surface area contributed by atoms with Crippen LogP contribution in [0.3, 0.4) is 0 Å². The zero-order chi connectivity index (χ0) is 21.1. The fraction of sp³-hybridized carbons (Fsp3) is 0.391. The van der Waals surface area contributed by atoms with Crippen molar-refractivity contribution < 1.29 is 19.0 Å². The normalized spacial score (nSPS) is 13.8. The highest BCUT2D eigenvalue weighted by Crippen LogP contribution is 2.37. The number of fused-ring (bicyclic) bond motifs is 1. The molecule has 4 rings (SSSR count). The first-order chi connectivity index (χ1) is 14.6. The Morgan fingerprint density at radius 2 is 2.03 bits per heavy atom. The van der Waals surface area contributed by atoms with Crippen molar-refractivity contribution in [2.45, 2.75) is 45.3 Å². The fourth-order valence-corrected chi connectivity index (χ4v) is 4.20. The predicted octanol–water partition coefficient (Wildman–Crippen LogP) is 5.22. The minimum Gasteiger partial charge on any atom is -0.495 e. The molecule has 158 valence electrons. The molecule has 7 heteroatoms. The van der Waals surface area contributed by atoms with Crippen LogP contribution in [0, 0.1) is 0 Å². The third-order valence-electron chi connectivity index (χ3n) is 5.47. The minimum absolute atomic E-state index is 0.190. The number of halogens is 1. The zero-order valence-corrected chi connectivity index (χ0v) is 18.8. The van der Waals surface area contributed by atoms with E-state index >= 15 is 0 Å². The molecular weight excluding hydrogens is 448 g/mol. The molecule has 0 amide bonds. The van der Waals surface area contributed by atoms with Crippen LogP contribution in [0.1, 0.15) is 43.5 Å². The minimum atomic E-state index is -0.255. The third kappa shape index (κ3) is 4.17. The highest BCUT2D eigenvalue weighted by atomic mass is 79.9. The molecule has 0 N–H and O–H groups in total. The van der Waals surface area contributed by atoms with Gasteiger partial charge in [0.1, 0.15) is 18.1 Å². The molecule has 1 aromatic heterocycles. The number of para-hydroxylation sites is 1. The number of hydrogen-bond donors (Lipinski definition) is 0. The van der Waals surface area contributed by atoms with Gasteiger partial charge in [-0.1, -0.05) is 18.2 Å². The lowest BCUT2D eigenvalue weighted by molar-refractivity contribution is -0.142. The largest absolute Gasteiger partial charge is 0.495 e. The average Bonchev–Trinajstić information content (AvgIpc) is 3.02. The smallest absolute Gasteiger partial charge is 0.310 e. The van der Waals surface area contributed by atoms with Crippen molar-refractivity contribution in [1.82, 2.24) is 9.78 Å². The van der Waals surface area contributed by atoms with E-state index in [1.54, 1.807) is 14.0 Å². The number of carbonyl (C=O) groups excluding carboxylic acids is 1. The van der Waals surface area contributed by atoms with Gasteiger partial charge in [0.2, 0.25) is 0 Å². The van der Waals surface area contributed by atoms with Gasteiger partial charge >= 0.3 is 5.97 Å². The van der Waals surface area contributed by atoms with E-state index < -0.39 is 0 Å². The molecule has 1 heterocycles. The Hall–Kier alpha value is -2.54. The first kappa shape index (κ1) is 20.7. The van der Waals surface area contributed by atoms with Crippen LogP contribution in [-0.2, 0) is 22.6 Å². The van der Waals surface area contributed by atoms with Crippen molar-refractivity contribution in [1.29, 1.82) is 0 Å². The molecule has 1 saturated carbocycles. The molecule has 0 aliphatic heterocycles. The van der Waals surface area contributed by atoms with Crippen LogP contribution >= 0.6 is 15.9 Å². The Labute approximate surface area is 184 Å². The van der Waals surface area contributed by atoms with Crippen molar-refractivity contribution in [2.75, 3.05) is 13.7 Å². The highest BCUT2D eigenvalue weighted by Gasteiger charge is 2.25. The van der Waals surface area contributed by atoms with E-state index in [9.17, 15) is 4.79 Å². The second-order valence-corrected chi connectivity index (χ2v) is 8.21. The summed E-state index contributed by atoms with van der Waals surface area (Å²) in [6.45, 7) is 2.54. The van der Waals surface area contributed by atoms with Crippen molar-refractivity contribution in [3.05, 3.63) is 52.1 Å². The number of hydrogen-bond acceptors (Lipinski definition) is 5. The molecule has 0 unspecified atom stereocenters. The number of rotatable bonds is 8. The second kappa shape index (κ2) is 9.08. The summed E-state index contributed by atoms with van der Waals surface area (Å²) in [5.74, 6) is 1.19. The lowest BCUT2D eigenvalue weighted by Crippen LogP contribution is -2.21. The summed E-state index contributed by atoms with van der Waals surface area (Å²) in [5, 5.41) is 5.89. The van der Waals surface area contributed by atoms with Crippen molar-refractivity contribution in [2.24, 2.45) is 0 Å². The van der Waals surface area contributed by atoms with E-state index in [1.807, 2.05) is 36.4 Å². The average molecular weight is 473 g/mol. The molecule has 0 radical (unpaired) electrons. The molecule has 1 aliphatic rings. The summed E-state index contributed by atoms with van der Waals surface area (Å²) in [4.78, 5) is 12.0. The molecule has 1 fully saturated rings. The van der Waals surface area contributed by atoms with Gasteiger partial charge in [0.05, 0.1) is 41.9 Å². The Morgan fingerprint density at radius 3 is 2.73 bits per heavy atom. The molecular formula is C23H25BrN2O4. The van der Waals surface area contributed by atoms with E-state index in [-0.39, 0.29) is 12.4 Å². The second-order valence-electron chi connectivity index (χ2n) is 7.36. The highest BCUT2D eigenvalue weighted by molar-refractivity contribution is 9.10. The van der Waals surface area contributed by atoms with Gasteiger partial charge < -0.3 is 14.2 Å². The number of ether oxygens (including phenoxy) is 3. The van der Waals surface area contributed by atoms with Gasteiger partial charge in [-0.05, 0) is 54.2 Å². The van der Waals surface area contributed by atoms with E-state index in [4.69, 9.17) is 19.3 Å². The van der Waals surface area contributed by atoms with Crippen LogP contribution in [-0.4, -0.2) is 29.5 Å². The van der Waals surface area contributed by atoms with Crippen LogP contribution in [0.25, 0.3) is 10.9 Å². The monoisotopic (exact) mass is 472 g/mol. The zero-order valence-electron chi connectivity index (χ0n) is 17.2. The number of methoxy groups -OCH3 is 1. The van der Waals surface area contributed by atoms with Gasteiger partial charge in [0.25, 0.3) is 0 Å². The molecule has 1 aliphatic carbocycles. The maximum Gasteiger partial charge on any atom is 0.310 e. The van der Waals surface area contributed by atoms with Crippen molar-refractivity contribution in [3.8, 4) is 11.5 Å². The van der Waals surface area contributed by atoms with Crippen LogP contribution in [0.4, 0.5) is 0 Å². The summed E-state index contributed by atoms with van der Waals surface area (Å²) < 4.78 is 19.7. The van der Waals surface area contributed by atoms with Gasteiger partial charge in [0, 0.05) is 17.0 Å². The Bertz CT molecular complexity index is 1060. The molecule has 0 saturated heterocycles. The topological polar surface area (TPSA) is 62.6 Å². The third-order valence-corrected chi connectivity index (χ3v) is 6.09. The molecule has 0 atom stereocenters. The number of benzene rings is 2. The summed E-state index contributed by atoms with van der Waals surface area (Å²) in [7, 11) is 1.65. The molecule has 30 heavy (non-hydrogen) atoms. The fourth-order valence-electron chi connectivity index (χ4n) is 3.69. The molecule has 6 nitrogen and oxygen atoms in total. The summed E-state index contributed by atoms with van der Waals surface area (Å²) in [6, 6.07) is 12.0. The van der Waals surface area contributed by atoms with E-state index in [0.29, 0.717) is 25.0 Å². The first-order valence-corrected chi connectivity index (χ1v) is 11.0.